The summed E-state index contributed by atoms with van der Waals surface area (Å²) in [5.41, 5.74) is 0.0294. The van der Waals surface area contributed by atoms with Crippen LogP contribution in [0.15, 0.2) is 18.7 Å². The fraction of sp³-hybridized carbons (Fsp3) is 0.722. The molecule has 6 nitrogen and oxygen atoms in total. The predicted molar refractivity (Wildman–Crippen MR) is 91.9 cm³/mol. The first kappa shape index (κ1) is 15.9. The molecule has 1 aromatic rings. The molecule has 2 bridgehead atoms. The summed E-state index contributed by atoms with van der Waals surface area (Å²) < 4.78 is 19.6. The minimum atomic E-state index is -0.390. The van der Waals surface area contributed by atoms with Crippen LogP contribution in [0.5, 0.6) is 0 Å². The molecular weight excluding hydrogens is 340 g/mol. The van der Waals surface area contributed by atoms with Crippen LogP contribution in [0.25, 0.3) is 0 Å². The lowest BCUT2D eigenvalue weighted by molar-refractivity contribution is -0.229. The molecule has 2 heterocycles. The topological polar surface area (TPSA) is 62.6 Å². The molecule has 1 aromatic heterocycles. The van der Waals surface area contributed by atoms with Gasteiger partial charge in [0.15, 0.2) is 5.79 Å². The molecular formula is C18H22N2O4S. The average Bonchev–Trinajstić information content (AvgIpc) is 3.27. The van der Waals surface area contributed by atoms with Gasteiger partial charge in [0, 0.05) is 31.7 Å². The van der Waals surface area contributed by atoms with Crippen LogP contribution in [0.2, 0.25) is 0 Å². The van der Waals surface area contributed by atoms with Gasteiger partial charge >= 0.3 is 0 Å². The molecule has 7 heteroatoms. The van der Waals surface area contributed by atoms with E-state index in [2.05, 4.69) is 4.98 Å². The molecule has 4 saturated carbocycles. The number of carbonyl (C=O) groups is 1. The number of Topliss-reactive ketones (excluding diaryl/α,β-unsaturated/α-hetero) is 1. The molecule has 4 atom stereocenters. The summed E-state index contributed by atoms with van der Waals surface area (Å²) >= 11 is 5.39. The molecule has 5 fully saturated rings. The lowest BCUT2D eigenvalue weighted by Gasteiger charge is -2.58. The predicted octanol–water partition coefficient (Wildman–Crippen LogP) is 2.31. The van der Waals surface area contributed by atoms with Crippen molar-refractivity contribution < 1.29 is 19.0 Å². The Hall–Kier alpha value is -1.31. The average molecular weight is 362 g/mol. The highest BCUT2D eigenvalue weighted by molar-refractivity contribution is 7.80. The standard InChI is InChI=1S/C18H22N2O4S/c21-14-9-17-1-2-18(22-5-6-23-18)8-12(17)7-13(14)15(10-17)24-16(25)20-4-3-19-11-20/h3-4,11-13,15H,1-2,5-10H2/t12-,13-,15?,17+/m0/s1. The Morgan fingerprint density at radius 2 is 2.16 bits per heavy atom. The maximum absolute atomic E-state index is 12.7. The van der Waals surface area contributed by atoms with Crippen molar-refractivity contribution in [3.63, 3.8) is 0 Å². The largest absolute Gasteiger partial charge is 0.466 e. The van der Waals surface area contributed by atoms with E-state index in [4.69, 9.17) is 26.4 Å². The minimum Gasteiger partial charge on any atom is -0.466 e. The molecule has 0 amide bonds. The highest BCUT2D eigenvalue weighted by Gasteiger charge is 2.61. The second-order valence-electron chi connectivity index (χ2n) is 7.95. The van der Waals surface area contributed by atoms with Gasteiger partial charge in [-0.2, -0.15) is 0 Å². The summed E-state index contributed by atoms with van der Waals surface area (Å²) in [4.78, 5) is 16.7. The molecule has 1 saturated heterocycles. The Kier molecular flexibility index (Phi) is 3.56. The number of ketones is 1. The first-order chi connectivity index (χ1) is 12.1. The van der Waals surface area contributed by atoms with Crippen molar-refractivity contribution in [3.05, 3.63) is 18.7 Å². The molecule has 0 N–H and O–H groups in total. The number of hydrogen-bond acceptors (Lipinski definition) is 6. The number of aromatic nitrogens is 2. The summed E-state index contributed by atoms with van der Waals surface area (Å²) in [5.74, 6) is 0.359. The second-order valence-corrected chi connectivity index (χ2v) is 8.30. The van der Waals surface area contributed by atoms with Crippen LogP contribution in [0.4, 0.5) is 0 Å². The van der Waals surface area contributed by atoms with Gasteiger partial charge in [0.25, 0.3) is 5.17 Å². The second kappa shape index (κ2) is 5.59. The smallest absolute Gasteiger partial charge is 0.269 e. The van der Waals surface area contributed by atoms with Crippen molar-refractivity contribution in [2.45, 2.75) is 50.4 Å². The monoisotopic (exact) mass is 362 g/mol. The van der Waals surface area contributed by atoms with Gasteiger partial charge in [-0.1, -0.05) is 0 Å². The first-order valence-corrected chi connectivity index (χ1v) is 9.50. The summed E-state index contributed by atoms with van der Waals surface area (Å²) in [6, 6.07) is 0. The lowest BCUT2D eigenvalue weighted by atomic mass is 9.48. The SMILES string of the molecule is O=C1C[C@@]23CCC4(C[C@@H]2C[C@@H]1C(OC(=S)n1ccnc1)C3)OCCO4. The maximum Gasteiger partial charge on any atom is 0.269 e. The molecule has 1 aliphatic heterocycles. The van der Waals surface area contributed by atoms with E-state index in [9.17, 15) is 4.79 Å². The lowest BCUT2D eigenvalue weighted by Crippen LogP contribution is -2.59. The fourth-order valence-corrected chi connectivity index (χ4v) is 5.73. The third-order valence-electron chi connectivity index (χ3n) is 6.74. The molecule has 0 aromatic carbocycles. The van der Waals surface area contributed by atoms with Crippen LogP contribution < -0.4 is 0 Å². The Labute approximate surface area is 151 Å². The molecule has 6 rings (SSSR count). The highest BCUT2D eigenvalue weighted by atomic mass is 32.1. The quantitative estimate of drug-likeness (QED) is 0.715. The number of thiocarbonyl (C=S) groups is 1. The zero-order chi connectivity index (χ0) is 17.1. The van der Waals surface area contributed by atoms with Crippen LogP contribution in [0, 0.1) is 17.3 Å². The van der Waals surface area contributed by atoms with E-state index in [1.165, 1.54) is 0 Å². The van der Waals surface area contributed by atoms with Gasteiger partial charge in [0.05, 0.1) is 19.1 Å². The van der Waals surface area contributed by atoms with E-state index in [0.717, 1.165) is 32.1 Å². The number of hydrogen-bond donors (Lipinski definition) is 0. The summed E-state index contributed by atoms with van der Waals surface area (Å²) in [6.07, 6.45) is 10.1. The summed E-state index contributed by atoms with van der Waals surface area (Å²) in [7, 11) is 0. The van der Waals surface area contributed by atoms with Gasteiger partial charge in [-0.15, -0.1) is 0 Å². The maximum atomic E-state index is 12.7. The first-order valence-electron chi connectivity index (χ1n) is 9.09. The third kappa shape index (κ3) is 2.47. The van der Waals surface area contributed by atoms with Crippen molar-refractivity contribution in [3.8, 4) is 0 Å². The molecule has 25 heavy (non-hydrogen) atoms. The third-order valence-corrected chi connectivity index (χ3v) is 7.05. The number of imidazole rings is 1. The molecule has 0 radical (unpaired) electrons. The van der Waals surface area contributed by atoms with E-state index in [-0.39, 0.29) is 23.2 Å². The molecule has 5 aliphatic rings. The normalized spacial score (nSPS) is 38.7. The van der Waals surface area contributed by atoms with Gasteiger partial charge in [-0.3, -0.25) is 9.36 Å². The molecule has 1 unspecified atom stereocenters. The fourth-order valence-electron chi connectivity index (χ4n) is 5.50. The van der Waals surface area contributed by atoms with E-state index < -0.39 is 0 Å². The Balaban J connectivity index is 1.35. The van der Waals surface area contributed by atoms with Gasteiger partial charge in [0.1, 0.15) is 18.2 Å². The Morgan fingerprint density at radius 1 is 1.32 bits per heavy atom. The molecule has 134 valence electrons. The van der Waals surface area contributed by atoms with Crippen molar-refractivity contribution in [1.82, 2.24) is 9.55 Å². The van der Waals surface area contributed by atoms with Gasteiger partial charge < -0.3 is 14.2 Å². The van der Waals surface area contributed by atoms with Crippen LogP contribution in [-0.4, -0.2) is 45.6 Å². The minimum absolute atomic E-state index is 0.0294. The van der Waals surface area contributed by atoms with Gasteiger partial charge in [0.2, 0.25) is 0 Å². The van der Waals surface area contributed by atoms with Crippen molar-refractivity contribution >= 4 is 23.2 Å². The van der Waals surface area contributed by atoms with Crippen molar-refractivity contribution in [2.75, 3.05) is 13.2 Å². The van der Waals surface area contributed by atoms with Gasteiger partial charge in [-0.05, 0) is 42.8 Å². The zero-order valence-electron chi connectivity index (χ0n) is 14.1. The van der Waals surface area contributed by atoms with Crippen molar-refractivity contribution in [1.29, 1.82) is 0 Å². The van der Waals surface area contributed by atoms with Crippen LogP contribution in [-0.2, 0) is 19.0 Å². The van der Waals surface area contributed by atoms with E-state index in [1.807, 2.05) is 0 Å². The zero-order valence-corrected chi connectivity index (χ0v) is 14.9. The number of ether oxygens (including phenoxy) is 3. The number of carbonyl (C=O) groups excluding carboxylic acids is 1. The summed E-state index contributed by atoms with van der Waals surface area (Å²) in [6.45, 7) is 1.37. The highest BCUT2D eigenvalue weighted by Crippen LogP contribution is 2.61. The molecule has 2 spiro atoms. The van der Waals surface area contributed by atoms with E-state index in [0.29, 0.717) is 36.5 Å². The van der Waals surface area contributed by atoms with Crippen LogP contribution in [0.1, 0.15) is 38.5 Å². The van der Waals surface area contributed by atoms with Crippen LogP contribution >= 0.6 is 12.2 Å². The molecule has 4 aliphatic carbocycles. The van der Waals surface area contributed by atoms with E-state index in [1.54, 1.807) is 23.3 Å². The van der Waals surface area contributed by atoms with Gasteiger partial charge in [-0.25, -0.2) is 4.98 Å². The number of rotatable bonds is 1. The Morgan fingerprint density at radius 3 is 2.92 bits per heavy atom. The van der Waals surface area contributed by atoms with Crippen molar-refractivity contribution in [2.24, 2.45) is 17.3 Å². The summed E-state index contributed by atoms with van der Waals surface area (Å²) in [5, 5.41) is 0.380. The Bertz CT molecular complexity index is 700. The van der Waals surface area contributed by atoms with Crippen LogP contribution in [0.3, 0.4) is 0 Å². The van der Waals surface area contributed by atoms with E-state index >= 15 is 0 Å². The number of nitrogens with zero attached hydrogens (tertiary/aromatic N) is 2. The number of fused-ring (bicyclic) bond motifs is 2.